The Bertz CT molecular complexity index is 633. The lowest BCUT2D eigenvalue weighted by molar-refractivity contribution is -0.142. The van der Waals surface area contributed by atoms with Crippen molar-refractivity contribution in [3.63, 3.8) is 0 Å². The van der Waals surface area contributed by atoms with Crippen molar-refractivity contribution in [3.8, 4) is 0 Å². The minimum Gasteiger partial charge on any atom is -0.480 e. The first-order chi connectivity index (χ1) is 12.0. The number of hydrogen-bond donors (Lipinski definition) is 3. The van der Waals surface area contributed by atoms with E-state index in [4.69, 9.17) is 0 Å². The van der Waals surface area contributed by atoms with Crippen LogP contribution >= 0.6 is 0 Å². The van der Waals surface area contributed by atoms with E-state index in [1.54, 1.807) is 24.0 Å². The number of aromatic nitrogens is 2. The second-order valence-electron chi connectivity index (χ2n) is 7.71. The van der Waals surface area contributed by atoms with Crippen molar-refractivity contribution in [1.29, 1.82) is 0 Å². The standard InChI is InChI=1S/C18H30N4O4/c1-6-15(23)20-14(9-12-10-22(5)11-19-12)16(24)21-13(17(25)26)7-8-18(2,3)4/h10-11,13-14H,6-9H2,1-5H3,(H,20,23)(H,21,24)(H,25,26). The molecule has 1 aromatic heterocycles. The third kappa shape index (κ3) is 7.67. The van der Waals surface area contributed by atoms with Gasteiger partial charge in [-0.15, -0.1) is 0 Å². The van der Waals surface area contributed by atoms with Gasteiger partial charge < -0.3 is 20.3 Å². The predicted molar refractivity (Wildman–Crippen MR) is 97.4 cm³/mol. The number of carboxylic acid groups (broad SMARTS) is 1. The molecule has 146 valence electrons. The van der Waals surface area contributed by atoms with Crippen molar-refractivity contribution >= 4 is 17.8 Å². The summed E-state index contributed by atoms with van der Waals surface area (Å²) in [6.07, 6.45) is 4.77. The summed E-state index contributed by atoms with van der Waals surface area (Å²) < 4.78 is 1.75. The topological polar surface area (TPSA) is 113 Å². The fourth-order valence-corrected chi connectivity index (χ4v) is 2.39. The number of nitrogens with one attached hydrogen (secondary N) is 2. The Hall–Kier alpha value is -2.38. The van der Waals surface area contributed by atoms with E-state index in [-0.39, 0.29) is 24.2 Å². The van der Waals surface area contributed by atoms with Gasteiger partial charge >= 0.3 is 5.97 Å². The second-order valence-corrected chi connectivity index (χ2v) is 7.71. The lowest BCUT2D eigenvalue weighted by Crippen LogP contribution is -2.52. The summed E-state index contributed by atoms with van der Waals surface area (Å²) in [6, 6.07) is -1.86. The predicted octanol–water partition coefficient (Wildman–Crippen LogP) is 1.25. The maximum Gasteiger partial charge on any atom is 0.326 e. The molecule has 3 N–H and O–H groups in total. The summed E-state index contributed by atoms with van der Waals surface area (Å²) in [6.45, 7) is 7.73. The van der Waals surface area contributed by atoms with Gasteiger partial charge in [-0.1, -0.05) is 27.7 Å². The van der Waals surface area contributed by atoms with Crippen LogP contribution in [0.5, 0.6) is 0 Å². The highest BCUT2D eigenvalue weighted by Gasteiger charge is 2.28. The molecule has 2 unspecified atom stereocenters. The van der Waals surface area contributed by atoms with Gasteiger partial charge in [-0.25, -0.2) is 9.78 Å². The number of carbonyl (C=O) groups is 3. The number of carbonyl (C=O) groups excluding carboxylic acids is 2. The van der Waals surface area contributed by atoms with Gasteiger partial charge in [0.2, 0.25) is 11.8 Å². The molecule has 1 aromatic rings. The van der Waals surface area contributed by atoms with Crippen LogP contribution < -0.4 is 10.6 Å². The largest absolute Gasteiger partial charge is 0.480 e. The fourth-order valence-electron chi connectivity index (χ4n) is 2.39. The normalized spacial score (nSPS) is 13.7. The highest BCUT2D eigenvalue weighted by Crippen LogP contribution is 2.21. The van der Waals surface area contributed by atoms with Crippen LogP contribution in [-0.4, -0.2) is 44.5 Å². The van der Waals surface area contributed by atoms with Gasteiger partial charge in [0.25, 0.3) is 0 Å². The van der Waals surface area contributed by atoms with Crippen LogP contribution in [0.4, 0.5) is 0 Å². The van der Waals surface area contributed by atoms with Crippen molar-refractivity contribution < 1.29 is 19.5 Å². The Kier molecular flexibility index (Phi) is 7.79. The van der Waals surface area contributed by atoms with E-state index >= 15 is 0 Å². The molecule has 0 bridgehead atoms. The van der Waals surface area contributed by atoms with Crippen LogP contribution in [0.1, 0.15) is 52.7 Å². The molecule has 26 heavy (non-hydrogen) atoms. The molecule has 8 nitrogen and oxygen atoms in total. The molecule has 2 amide bonds. The monoisotopic (exact) mass is 366 g/mol. The summed E-state index contributed by atoms with van der Waals surface area (Å²) in [7, 11) is 1.81. The Morgan fingerprint density at radius 1 is 1.23 bits per heavy atom. The Morgan fingerprint density at radius 3 is 2.35 bits per heavy atom. The van der Waals surface area contributed by atoms with E-state index in [9.17, 15) is 19.5 Å². The maximum atomic E-state index is 12.6. The van der Waals surface area contributed by atoms with Crippen molar-refractivity contribution in [2.75, 3.05) is 0 Å². The molecule has 0 aliphatic rings. The SMILES string of the molecule is CCC(=O)NC(Cc1cn(C)cn1)C(=O)NC(CCC(C)(C)C)C(=O)O. The summed E-state index contributed by atoms with van der Waals surface area (Å²) in [4.78, 5) is 40.1. The molecule has 0 saturated heterocycles. The first-order valence-electron chi connectivity index (χ1n) is 8.81. The molecule has 8 heteroatoms. The molecular weight excluding hydrogens is 336 g/mol. The van der Waals surface area contributed by atoms with Crippen LogP contribution in [0.25, 0.3) is 0 Å². The highest BCUT2D eigenvalue weighted by molar-refractivity contribution is 5.90. The minimum atomic E-state index is -1.08. The van der Waals surface area contributed by atoms with E-state index < -0.39 is 24.0 Å². The van der Waals surface area contributed by atoms with Crippen molar-refractivity contribution in [1.82, 2.24) is 20.2 Å². The number of aliphatic carboxylic acids is 1. The minimum absolute atomic E-state index is 0.0395. The van der Waals surface area contributed by atoms with Gasteiger partial charge in [0.05, 0.1) is 12.0 Å². The highest BCUT2D eigenvalue weighted by atomic mass is 16.4. The Balaban J connectivity index is 2.83. The number of rotatable bonds is 9. The molecular formula is C18H30N4O4. The fraction of sp³-hybridized carbons (Fsp3) is 0.667. The van der Waals surface area contributed by atoms with E-state index in [0.29, 0.717) is 18.5 Å². The van der Waals surface area contributed by atoms with Crippen LogP contribution in [0.3, 0.4) is 0 Å². The van der Waals surface area contributed by atoms with Crippen LogP contribution in [0.2, 0.25) is 0 Å². The average Bonchev–Trinajstić information content (AvgIpc) is 2.94. The van der Waals surface area contributed by atoms with Gasteiger partial charge in [0.1, 0.15) is 12.1 Å². The number of nitrogens with zero attached hydrogens (tertiary/aromatic N) is 2. The van der Waals surface area contributed by atoms with Gasteiger partial charge in [0, 0.05) is 26.1 Å². The van der Waals surface area contributed by atoms with Crippen LogP contribution in [0.15, 0.2) is 12.5 Å². The molecule has 0 saturated carbocycles. The molecule has 0 aliphatic heterocycles. The molecule has 0 fully saturated rings. The second kappa shape index (κ2) is 9.35. The molecule has 0 radical (unpaired) electrons. The zero-order valence-corrected chi connectivity index (χ0v) is 16.2. The van der Waals surface area contributed by atoms with Crippen molar-refractivity contribution in [2.24, 2.45) is 12.5 Å². The quantitative estimate of drug-likeness (QED) is 0.609. The van der Waals surface area contributed by atoms with Crippen molar-refractivity contribution in [3.05, 3.63) is 18.2 Å². The molecule has 0 spiro atoms. The number of aryl methyl sites for hydroxylation is 1. The van der Waals surface area contributed by atoms with Crippen molar-refractivity contribution in [2.45, 2.75) is 65.5 Å². The molecule has 0 aromatic carbocycles. The number of imidazole rings is 1. The molecule has 2 atom stereocenters. The molecule has 1 rings (SSSR count). The lowest BCUT2D eigenvalue weighted by Gasteiger charge is -2.24. The first-order valence-corrected chi connectivity index (χ1v) is 8.81. The Morgan fingerprint density at radius 2 is 1.88 bits per heavy atom. The lowest BCUT2D eigenvalue weighted by atomic mass is 9.88. The summed E-state index contributed by atoms with van der Waals surface area (Å²) in [5.74, 6) is -1.87. The summed E-state index contributed by atoms with van der Waals surface area (Å²) in [5, 5.41) is 14.6. The zero-order valence-electron chi connectivity index (χ0n) is 16.2. The van der Waals surface area contributed by atoms with E-state index in [2.05, 4.69) is 15.6 Å². The van der Waals surface area contributed by atoms with E-state index in [0.717, 1.165) is 0 Å². The van der Waals surface area contributed by atoms with Gasteiger partial charge in [-0.05, 0) is 18.3 Å². The third-order valence-corrected chi connectivity index (χ3v) is 3.94. The number of carboxylic acids is 1. The van der Waals surface area contributed by atoms with Gasteiger partial charge in [-0.2, -0.15) is 0 Å². The smallest absolute Gasteiger partial charge is 0.326 e. The first kappa shape index (κ1) is 21.7. The number of hydrogen-bond acceptors (Lipinski definition) is 4. The average molecular weight is 366 g/mol. The number of amides is 2. The summed E-state index contributed by atoms with van der Waals surface area (Å²) >= 11 is 0. The molecule has 0 aliphatic carbocycles. The van der Waals surface area contributed by atoms with E-state index in [1.165, 1.54) is 0 Å². The van der Waals surface area contributed by atoms with Crippen LogP contribution in [0, 0.1) is 5.41 Å². The zero-order chi connectivity index (χ0) is 19.9. The van der Waals surface area contributed by atoms with Crippen LogP contribution in [-0.2, 0) is 27.9 Å². The summed E-state index contributed by atoms with van der Waals surface area (Å²) in [5.41, 5.74) is 0.605. The third-order valence-electron chi connectivity index (χ3n) is 3.94. The molecule has 1 heterocycles. The van der Waals surface area contributed by atoms with Gasteiger partial charge in [-0.3, -0.25) is 9.59 Å². The Labute approximate surface area is 154 Å². The maximum absolute atomic E-state index is 12.6. The van der Waals surface area contributed by atoms with E-state index in [1.807, 2.05) is 27.8 Å². The van der Waals surface area contributed by atoms with Gasteiger partial charge in [0.15, 0.2) is 0 Å².